The lowest BCUT2D eigenvalue weighted by atomic mass is 10.1. The van der Waals surface area contributed by atoms with Crippen molar-refractivity contribution in [1.29, 1.82) is 0 Å². The van der Waals surface area contributed by atoms with Gasteiger partial charge in [-0.05, 0) is 25.1 Å². The van der Waals surface area contributed by atoms with Gasteiger partial charge in [-0.15, -0.1) is 0 Å². The van der Waals surface area contributed by atoms with Gasteiger partial charge in [0.15, 0.2) is 11.5 Å². The Bertz CT molecular complexity index is 584. The number of benzene rings is 2. The molecule has 0 fully saturated rings. The van der Waals surface area contributed by atoms with Gasteiger partial charge in [0.1, 0.15) is 5.75 Å². The van der Waals surface area contributed by atoms with E-state index >= 15 is 0 Å². The third-order valence-electron chi connectivity index (χ3n) is 3.14. The van der Waals surface area contributed by atoms with E-state index < -0.39 is 0 Å². The summed E-state index contributed by atoms with van der Waals surface area (Å²) >= 11 is 0. The molecule has 4 nitrogen and oxygen atoms in total. The van der Waals surface area contributed by atoms with Crippen molar-refractivity contribution in [2.75, 3.05) is 26.1 Å². The van der Waals surface area contributed by atoms with Gasteiger partial charge in [-0.2, -0.15) is 0 Å². The molecule has 0 amide bonds. The largest absolute Gasteiger partial charge is 0.495 e. The molecule has 0 atom stereocenters. The predicted molar refractivity (Wildman–Crippen MR) is 84.5 cm³/mol. The average molecular weight is 287 g/mol. The third-order valence-corrected chi connectivity index (χ3v) is 3.14. The van der Waals surface area contributed by atoms with E-state index in [1.165, 1.54) is 0 Å². The Kier molecular flexibility index (Phi) is 5.32. The van der Waals surface area contributed by atoms with Gasteiger partial charge >= 0.3 is 0 Å². The van der Waals surface area contributed by atoms with Gasteiger partial charge in [0.2, 0.25) is 0 Å². The molecule has 0 bridgehead atoms. The number of hydrogen-bond acceptors (Lipinski definition) is 4. The van der Waals surface area contributed by atoms with Crippen molar-refractivity contribution in [3.05, 3.63) is 48.0 Å². The predicted octanol–water partition coefficient (Wildman–Crippen LogP) is 3.71. The van der Waals surface area contributed by atoms with Crippen LogP contribution in [0.25, 0.3) is 0 Å². The zero-order chi connectivity index (χ0) is 15.1. The van der Waals surface area contributed by atoms with Gasteiger partial charge in [-0.25, -0.2) is 0 Å². The molecule has 21 heavy (non-hydrogen) atoms. The van der Waals surface area contributed by atoms with Crippen LogP contribution in [0, 0.1) is 0 Å². The van der Waals surface area contributed by atoms with Crippen molar-refractivity contribution in [2.24, 2.45) is 0 Å². The fourth-order valence-electron chi connectivity index (χ4n) is 2.18. The number of ether oxygens (including phenoxy) is 3. The van der Waals surface area contributed by atoms with Crippen LogP contribution in [-0.2, 0) is 6.54 Å². The Morgan fingerprint density at radius 2 is 1.67 bits per heavy atom. The number of hydrogen-bond donors (Lipinski definition) is 1. The SMILES string of the molecule is CCOc1cccc(CNc2ccccc2OC)c1OC. The molecule has 4 heteroatoms. The molecule has 0 saturated heterocycles. The number of methoxy groups -OCH3 is 2. The summed E-state index contributed by atoms with van der Waals surface area (Å²) in [6.45, 7) is 3.20. The van der Waals surface area contributed by atoms with Crippen molar-refractivity contribution in [3.8, 4) is 17.2 Å². The highest BCUT2D eigenvalue weighted by molar-refractivity contribution is 5.57. The first-order valence-electron chi connectivity index (χ1n) is 6.95. The topological polar surface area (TPSA) is 39.7 Å². The van der Waals surface area contributed by atoms with Crippen LogP contribution in [0.3, 0.4) is 0 Å². The van der Waals surface area contributed by atoms with Crippen molar-refractivity contribution in [2.45, 2.75) is 13.5 Å². The molecular formula is C17H21NO3. The lowest BCUT2D eigenvalue weighted by molar-refractivity contribution is 0.309. The number of para-hydroxylation sites is 3. The van der Waals surface area contributed by atoms with E-state index in [1.807, 2.05) is 49.4 Å². The van der Waals surface area contributed by atoms with Crippen molar-refractivity contribution in [1.82, 2.24) is 0 Å². The van der Waals surface area contributed by atoms with Crippen LogP contribution < -0.4 is 19.5 Å². The summed E-state index contributed by atoms with van der Waals surface area (Å²) in [5, 5.41) is 3.36. The Hall–Kier alpha value is -2.36. The summed E-state index contributed by atoms with van der Waals surface area (Å²) in [6.07, 6.45) is 0. The highest BCUT2D eigenvalue weighted by atomic mass is 16.5. The van der Waals surface area contributed by atoms with Crippen LogP contribution in [0.4, 0.5) is 5.69 Å². The van der Waals surface area contributed by atoms with Crippen molar-refractivity contribution >= 4 is 5.69 Å². The van der Waals surface area contributed by atoms with Crippen LogP contribution in [0.2, 0.25) is 0 Å². The Balaban J connectivity index is 2.18. The summed E-state index contributed by atoms with van der Waals surface area (Å²) in [4.78, 5) is 0. The zero-order valence-corrected chi connectivity index (χ0v) is 12.7. The molecule has 0 aromatic heterocycles. The first-order valence-corrected chi connectivity index (χ1v) is 6.95. The van der Waals surface area contributed by atoms with Crippen LogP contribution in [-0.4, -0.2) is 20.8 Å². The van der Waals surface area contributed by atoms with E-state index in [2.05, 4.69) is 5.32 Å². The molecule has 0 saturated carbocycles. The molecule has 0 heterocycles. The molecule has 2 rings (SSSR count). The summed E-state index contributed by atoms with van der Waals surface area (Å²) in [5.41, 5.74) is 1.98. The molecule has 2 aromatic rings. The second-order valence-corrected chi connectivity index (χ2v) is 4.44. The minimum Gasteiger partial charge on any atom is -0.495 e. The normalized spacial score (nSPS) is 10.0. The Morgan fingerprint density at radius 3 is 2.38 bits per heavy atom. The fraction of sp³-hybridized carbons (Fsp3) is 0.294. The van der Waals surface area contributed by atoms with E-state index in [0.29, 0.717) is 13.2 Å². The minimum atomic E-state index is 0.611. The molecule has 0 aliphatic rings. The maximum atomic E-state index is 5.59. The number of nitrogens with one attached hydrogen (secondary N) is 1. The lowest BCUT2D eigenvalue weighted by Gasteiger charge is -2.15. The van der Waals surface area contributed by atoms with Gasteiger partial charge in [0.25, 0.3) is 0 Å². The standard InChI is InChI=1S/C17H21NO3/c1-4-21-16-11-7-8-13(17(16)20-3)12-18-14-9-5-6-10-15(14)19-2/h5-11,18H,4,12H2,1-3H3. The van der Waals surface area contributed by atoms with Gasteiger partial charge in [0.05, 0.1) is 26.5 Å². The highest BCUT2D eigenvalue weighted by Crippen LogP contribution is 2.32. The Morgan fingerprint density at radius 1 is 0.905 bits per heavy atom. The smallest absolute Gasteiger partial charge is 0.165 e. The maximum Gasteiger partial charge on any atom is 0.165 e. The van der Waals surface area contributed by atoms with E-state index in [0.717, 1.165) is 28.5 Å². The quantitative estimate of drug-likeness (QED) is 0.842. The van der Waals surface area contributed by atoms with Gasteiger partial charge in [0, 0.05) is 12.1 Å². The fourth-order valence-corrected chi connectivity index (χ4v) is 2.18. The molecule has 1 N–H and O–H groups in total. The molecule has 0 unspecified atom stereocenters. The second-order valence-electron chi connectivity index (χ2n) is 4.44. The van der Waals surface area contributed by atoms with E-state index in [-0.39, 0.29) is 0 Å². The summed E-state index contributed by atoms with van der Waals surface area (Å²) in [5.74, 6) is 2.35. The molecule has 112 valence electrons. The van der Waals surface area contributed by atoms with Crippen LogP contribution in [0.15, 0.2) is 42.5 Å². The van der Waals surface area contributed by atoms with E-state index in [1.54, 1.807) is 14.2 Å². The summed E-state index contributed by atoms with van der Waals surface area (Å²) in [7, 11) is 3.32. The van der Waals surface area contributed by atoms with E-state index in [9.17, 15) is 0 Å². The van der Waals surface area contributed by atoms with Crippen LogP contribution in [0.1, 0.15) is 12.5 Å². The van der Waals surface area contributed by atoms with Gasteiger partial charge in [-0.3, -0.25) is 0 Å². The van der Waals surface area contributed by atoms with Crippen molar-refractivity contribution < 1.29 is 14.2 Å². The monoisotopic (exact) mass is 287 g/mol. The first-order chi connectivity index (χ1) is 10.3. The van der Waals surface area contributed by atoms with Crippen LogP contribution in [0.5, 0.6) is 17.2 Å². The van der Waals surface area contributed by atoms with Gasteiger partial charge in [-0.1, -0.05) is 24.3 Å². The third kappa shape index (κ3) is 3.60. The maximum absolute atomic E-state index is 5.59. The average Bonchev–Trinajstić information content (AvgIpc) is 2.53. The molecule has 0 aliphatic carbocycles. The molecule has 2 aromatic carbocycles. The van der Waals surface area contributed by atoms with Crippen LogP contribution >= 0.6 is 0 Å². The lowest BCUT2D eigenvalue weighted by Crippen LogP contribution is -2.04. The second kappa shape index (κ2) is 7.43. The van der Waals surface area contributed by atoms with E-state index in [4.69, 9.17) is 14.2 Å². The molecule has 0 radical (unpaired) electrons. The summed E-state index contributed by atoms with van der Waals surface area (Å²) < 4.78 is 16.4. The Labute approximate surface area is 125 Å². The number of anilines is 1. The van der Waals surface area contributed by atoms with Crippen molar-refractivity contribution in [3.63, 3.8) is 0 Å². The first kappa shape index (κ1) is 15.0. The minimum absolute atomic E-state index is 0.611. The summed E-state index contributed by atoms with van der Waals surface area (Å²) in [6, 6.07) is 13.7. The zero-order valence-electron chi connectivity index (χ0n) is 12.7. The molecular weight excluding hydrogens is 266 g/mol. The molecule has 0 aliphatic heterocycles. The highest BCUT2D eigenvalue weighted by Gasteiger charge is 2.10. The van der Waals surface area contributed by atoms with Gasteiger partial charge < -0.3 is 19.5 Å². The molecule has 0 spiro atoms. The number of rotatable bonds is 7.